The molecule has 3 rings (SSSR count). The summed E-state index contributed by atoms with van der Waals surface area (Å²) in [6.45, 7) is 2.13. The number of nitrogens with one attached hydrogen (secondary N) is 1. The Morgan fingerprint density at radius 1 is 1.19 bits per heavy atom. The number of nitriles is 1. The molecule has 0 spiro atoms. The van der Waals surface area contributed by atoms with Crippen LogP contribution in [0.15, 0.2) is 42.5 Å². The fraction of sp³-hybridized carbons (Fsp3) is 0.278. The lowest BCUT2D eigenvalue weighted by molar-refractivity contribution is 0.374. The van der Waals surface area contributed by atoms with Gasteiger partial charge in [0.05, 0.1) is 22.3 Å². The first-order chi connectivity index (χ1) is 10.2. The Bertz CT molecular complexity index is 697. The molecule has 1 N–H and O–H groups in total. The fourth-order valence-corrected chi connectivity index (χ4v) is 3.03. The molecule has 0 unspecified atom stereocenters. The highest BCUT2D eigenvalue weighted by Crippen LogP contribution is 2.39. The highest BCUT2D eigenvalue weighted by molar-refractivity contribution is 6.33. The molecule has 2 nitrogen and oxygen atoms in total. The van der Waals surface area contributed by atoms with Gasteiger partial charge in [0.25, 0.3) is 0 Å². The Balaban J connectivity index is 1.64. The maximum atomic E-state index is 8.95. The van der Waals surface area contributed by atoms with E-state index in [1.54, 1.807) is 12.1 Å². The molecule has 0 saturated heterocycles. The molecule has 2 aromatic carbocycles. The largest absolute Gasteiger partial charge is 0.381 e. The average Bonchev–Trinajstić information content (AvgIpc) is 2.44. The van der Waals surface area contributed by atoms with E-state index in [2.05, 4.69) is 42.6 Å². The van der Waals surface area contributed by atoms with E-state index in [0.717, 1.165) is 18.5 Å². The van der Waals surface area contributed by atoms with Crippen molar-refractivity contribution in [1.82, 2.24) is 0 Å². The zero-order chi connectivity index (χ0) is 14.8. The second-order valence-corrected chi connectivity index (χ2v) is 6.14. The van der Waals surface area contributed by atoms with Gasteiger partial charge in [-0.25, -0.2) is 0 Å². The summed E-state index contributed by atoms with van der Waals surface area (Å²) in [5.41, 5.74) is 4.23. The molecule has 0 aliphatic heterocycles. The highest BCUT2D eigenvalue weighted by atomic mass is 35.5. The summed E-state index contributed by atoms with van der Waals surface area (Å²) in [4.78, 5) is 0. The van der Waals surface area contributed by atoms with Crippen LogP contribution >= 0.6 is 11.6 Å². The van der Waals surface area contributed by atoms with Crippen molar-refractivity contribution in [2.24, 2.45) is 0 Å². The summed E-state index contributed by atoms with van der Waals surface area (Å²) in [7, 11) is 0. The molecule has 0 atom stereocenters. The van der Waals surface area contributed by atoms with E-state index in [9.17, 15) is 0 Å². The molecule has 1 fully saturated rings. The van der Waals surface area contributed by atoms with E-state index in [0.29, 0.717) is 22.5 Å². The fourth-order valence-electron chi connectivity index (χ4n) is 2.86. The van der Waals surface area contributed by atoms with Gasteiger partial charge in [-0.15, -0.1) is 0 Å². The lowest BCUT2D eigenvalue weighted by atomic mass is 9.75. The van der Waals surface area contributed by atoms with Gasteiger partial charge >= 0.3 is 0 Å². The number of nitrogens with zero attached hydrogens (tertiary/aromatic N) is 1. The Hall–Kier alpha value is -1.98. The third kappa shape index (κ3) is 3.04. The summed E-state index contributed by atoms with van der Waals surface area (Å²) >= 11 is 6.18. The summed E-state index contributed by atoms with van der Waals surface area (Å²) in [6.07, 6.45) is 2.22. The maximum Gasteiger partial charge on any atom is 0.0992 e. The minimum Gasteiger partial charge on any atom is -0.381 e. The SMILES string of the molecule is Cc1cccc(C2CC(Nc3cc(C#N)ccc3Cl)C2)c1. The second-order valence-electron chi connectivity index (χ2n) is 5.73. The molecule has 1 saturated carbocycles. The standard InChI is InChI=1S/C18H17ClN2/c1-12-3-2-4-14(7-12)15-9-16(10-15)21-18-8-13(11-20)5-6-17(18)19/h2-8,15-16,21H,9-10H2,1H3. The van der Waals surface area contributed by atoms with Gasteiger partial charge in [-0.3, -0.25) is 0 Å². The van der Waals surface area contributed by atoms with Gasteiger partial charge in [-0.2, -0.15) is 5.26 Å². The van der Waals surface area contributed by atoms with Gasteiger partial charge in [-0.1, -0.05) is 41.4 Å². The summed E-state index contributed by atoms with van der Waals surface area (Å²) in [5, 5.41) is 13.1. The smallest absolute Gasteiger partial charge is 0.0992 e. The van der Waals surface area contributed by atoms with Crippen molar-refractivity contribution in [3.05, 3.63) is 64.2 Å². The quantitative estimate of drug-likeness (QED) is 0.876. The monoisotopic (exact) mass is 296 g/mol. The van der Waals surface area contributed by atoms with E-state index >= 15 is 0 Å². The predicted octanol–water partition coefficient (Wildman–Crippen LogP) is 4.88. The molecule has 0 aromatic heterocycles. The molecule has 0 bridgehead atoms. The second kappa shape index (κ2) is 5.79. The number of halogens is 1. The molecule has 2 aromatic rings. The normalized spacial score (nSPS) is 20.4. The van der Waals surface area contributed by atoms with Gasteiger partial charge in [0.15, 0.2) is 0 Å². The van der Waals surface area contributed by atoms with Gasteiger partial charge < -0.3 is 5.32 Å². The summed E-state index contributed by atoms with van der Waals surface area (Å²) < 4.78 is 0. The van der Waals surface area contributed by atoms with Crippen LogP contribution in [0.4, 0.5) is 5.69 Å². The van der Waals surface area contributed by atoms with Gasteiger partial charge in [-0.05, 0) is 49.4 Å². The van der Waals surface area contributed by atoms with Crippen LogP contribution in [-0.4, -0.2) is 6.04 Å². The van der Waals surface area contributed by atoms with E-state index < -0.39 is 0 Å². The van der Waals surface area contributed by atoms with Crippen molar-refractivity contribution in [3.63, 3.8) is 0 Å². The molecule has 1 aliphatic rings. The molecule has 1 aliphatic carbocycles. The predicted molar refractivity (Wildman–Crippen MR) is 86.7 cm³/mol. The van der Waals surface area contributed by atoms with E-state index in [1.807, 2.05) is 6.07 Å². The molecule has 0 amide bonds. The van der Waals surface area contributed by atoms with Crippen molar-refractivity contribution in [2.45, 2.75) is 31.7 Å². The Morgan fingerprint density at radius 3 is 2.71 bits per heavy atom. The number of rotatable bonds is 3. The highest BCUT2D eigenvalue weighted by Gasteiger charge is 2.30. The van der Waals surface area contributed by atoms with Crippen LogP contribution < -0.4 is 5.32 Å². The van der Waals surface area contributed by atoms with Crippen LogP contribution in [0.3, 0.4) is 0 Å². The first kappa shape index (κ1) is 14.0. The van der Waals surface area contributed by atoms with Crippen LogP contribution in [0.1, 0.15) is 35.4 Å². The molecule has 3 heteroatoms. The minimum absolute atomic E-state index is 0.432. The van der Waals surface area contributed by atoms with Crippen LogP contribution in [-0.2, 0) is 0 Å². The number of hydrogen-bond donors (Lipinski definition) is 1. The van der Waals surface area contributed by atoms with Crippen LogP contribution in [0.2, 0.25) is 5.02 Å². The van der Waals surface area contributed by atoms with Crippen molar-refractivity contribution < 1.29 is 0 Å². The van der Waals surface area contributed by atoms with Crippen molar-refractivity contribution in [1.29, 1.82) is 5.26 Å². The summed E-state index contributed by atoms with van der Waals surface area (Å²) in [5.74, 6) is 0.625. The third-order valence-electron chi connectivity index (χ3n) is 4.11. The molecular formula is C18H17ClN2. The van der Waals surface area contributed by atoms with Gasteiger partial charge in [0, 0.05) is 6.04 Å². The van der Waals surface area contributed by atoms with Gasteiger partial charge in [0.2, 0.25) is 0 Å². The zero-order valence-corrected chi connectivity index (χ0v) is 12.7. The molecular weight excluding hydrogens is 280 g/mol. The lowest BCUT2D eigenvalue weighted by Crippen LogP contribution is -2.34. The van der Waals surface area contributed by atoms with Crippen molar-refractivity contribution in [2.75, 3.05) is 5.32 Å². The number of anilines is 1. The lowest BCUT2D eigenvalue weighted by Gasteiger charge is -2.37. The first-order valence-corrected chi connectivity index (χ1v) is 7.56. The zero-order valence-electron chi connectivity index (χ0n) is 11.9. The van der Waals surface area contributed by atoms with Crippen LogP contribution in [0.5, 0.6) is 0 Å². The molecule has 0 heterocycles. The Kier molecular flexibility index (Phi) is 3.86. The summed E-state index contributed by atoms with van der Waals surface area (Å²) in [6, 6.07) is 16.6. The minimum atomic E-state index is 0.432. The van der Waals surface area contributed by atoms with Crippen molar-refractivity contribution in [3.8, 4) is 6.07 Å². The van der Waals surface area contributed by atoms with Crippen molar-refractivity contribution >= 4 is 17.3 Å². The topological polar surface area (TPSA) is 35.8 Å². The first-order valence-electron chi connectivity index (χ1n) is 7.18. The Labute approximate surface area is 130 Å². The van der Waals surface area contributed by atoms with Gasteiger partial charge in [0.1, 0.15) is 0 Å². The van der Waals surface area contributed by atoms with E-state index in [-0.39, 0.29) is 0 Å². The third-order valence-corrected chi connectivity index (χ3v) is 4.44. The number of hydrogen-bond acceptors (Lipinski definition) is 2. The molecule has 21 heavy (non-hydrogen) atoms. The maximum absolute atomic E-state index is 8.95. The number of aryl methyl sites for hydroxylation is 1. The van der Waals surface area contributed by atoms with Crippen LogP contribution in [0.25, 0.3) is 0 Å². The van der Waals surface area contributed by atoms with Crippen LogP contribution in [0, 0.1) is 18.3 Å². The molecule has 106 valence electrons. The van der Waals surface area contributed by atoms with E-state index in [4.69, 9.17) is 16.9 Å². The Morgan fingerprint density at radius 2 is 2.00 bits per heavy atom. The van der Waals surface area contributed by atoms with E-state index in [1.165, 1.54) is 11.1 Å². The number of benzene rings is 2. The average molecular weight is 297 g/mol. The molecule has 0 radical (unpaired) electrons.